The van der Waals surface area contributed by atoms with Crippen LogP contribution in [0.15, 0.2) is 30.3 Å². The molecule has 1 aliphatic rings. The van der Waals surface area contributed by atoms with Crippen LogP contribution >= 0.6 is 0 Å². The Morgan fingerprint density at radius 3 is 2.74 bits per heavy atom. The van der Waals surface area contributed by atoms with Crippen LogP contribution in [0, 0.1) is 13.8 Å². The van der Waals surface area contributed by atoms with Crippen LogP contribution in [0.2, 0.25) is 0 Å². The van der Waals surface area contributed by atoms with E-state index in [1.165, 1.54) is 22.2 Å². The summed E-state index contributed by atoms with van der Waals surface area (Å²) in [5, 5.41) is 5.10. The van der Waals surface area contributed by atoms with E-state index in [1.54, 1.807) is 0 Å². The number of piperidine rings is 1. The molecule has 0 saturated carbocycles. The number of aromatic amines is 1. The zero-order valence-corrected chi connectivity index (χ0v) is 16.1. The van der Waals surface area contributed by atoms with Gasteiger partial charge in [-0.1, -0.05) is 18.2 Å². The van der Waals surface area contributed by atoms with Crippen LogP contribution in [0.3, 0.4) is 0 Å². The topological polar surface area (TPSA) is 82.9 Å². The first-order valence-electron chi connectivity index (χ1n) is 9.76. The van der Waals surface area contributed by atoms with Gasteiger partial charge in [-0.2, -0.15) is 4.98 Å². The van der Waals surface area contributed by atoms with Gasteiger partial charge in [0.05, 0.1) is 0 Å². The average Bonchev–Trinajstić information content (AvgIpc) is 2.97. The first-order chi connectivity index (χ1) is 13.1. The molecule has 0 spiro atoms. The van der Waals surface area contributed by atoms with Crippen LogP contribution in [-0.4, -0.2) is 40.6 Å². The van der Waals surface area contributed by atoms with Gasteiger partial charge in [0, 0.05) is 47.5 Å². The number of rotatable bonds is 5. The van der Waals surface area contributed by atoms with Gasteiger partial charge in [-0.3, -0.25) is 0 Å². The maximum Gasteiger partial charge on any atom is 0.222 e. The number of nitrogens with two attached hydrogens (primary N) is 1. The standard InChI is InChI=1S/C21H28N6/c1-14-13-20(26-21(22)24-14)27-11-8-16(9-12-27)23-10-7-17-15(2)25-19-6-4-3-5-18(17)19/h3-6,13,16,23,25H,7-12H2,1-2H3,(H2,22,24,26). The SMILES string of the molecule is Cc1cc(N2CCC(NCCc3c(C)[nH]c4ccccc34)CC2)nc(N)n1. The van der Waals surface area contributed by atoms with Gasteiger partial charge in [0.2, 0.25) is 5.95 Å². The first kappa shape index (κ1) is 17.8. The van der Waals surface area contributed by atoms with Crippen molar-refractivity contribution in [1.29, 1.82) is 0 Å². The molecule has 6 nitrogen and oxygen atoms in total. The van der Waals surface area contributed by atoms with Crippen molar-refractivity contribution in [2.24, 2.45) is 0 Å². The third-order valence-electron chi connectivity index (χ3n) is 5.51. The lowest BCUT2D eigenvalue weighted by molar-refractivity contribution is 0.416. The molecule has 2 aromatic heterocycles. The molecule has 0 atom stereocenters. The van der Waals surface area contributed by atoms with E-state index in [1.807, 2.05) is 13.0 Å². The molecule has 0 bridgehead atoms. The second-order valence-electron chi connectivity index (χ2n) is 7.47. The molecule has 27 heavy (non-hydrogen) atoms. The number of nitrogen functional groups attached to an aromatic ring is 1. The molecule has 1 saturated heterocycles. The molecule has 142 valence electrons. The maximum atomic E-state index is 5.79. The summed E-state index contributed by atoms with van der Waals surface area (Å²) in [6.07, 6.45) is 3.29. The van der Waals surface area contributed by atoms with Crippen molar-refractivity contribution in [1.82, 2.24) is 20.3 Å². The van der Waals surface area contributed by atoms with Crippen LogP contribution in [0.5, 0.6) is 0 Å². The second kappa shape index (κ2) is 7.56. The summed E-state index contributed by atoms with van der Waals surface area (Å²) in [5.74, 6) is 1.31. The van der Waals surface area contributed by atoms with Gasteiger partial charge in [-0.25, -0.2) is 4.98 Å². The van der Waals surface area contributed by atoms with Gasteiger partial charge in [-0.05, 0) is 51.3 Å². The molecule has 0 unspecified atom stereocenters. The van der Waals surface area contributed by atoms with Crippen molar-refractivity contribution in [3.63, 3.8) is 0 Å². The Labute approximate surface area is 160 Å². The number of aryl methyl sites for hydroxylation is 2. The van der Waals surface area contributed by atoms with Crippen molar-refractivity contribution in [2.75, 3.05) is 30.3 Å². The largest absolute Gasteiger partial charge is 0.368 e. The van der Waals surface area contributed by atoms with Gasteiger partial charge < -0.3 is 20.9 Å². The van der Waals surface area contributed by atoms with Gasteiger partial charge in [0.25, 0.3) is 0 Å². The summed E-state index contributed by atoms with van der Waals surface area (Å²) >= 11 is 0. The highest BCUT2D eigenvalue weighted by Crippen LogP contribution is 2.23. The number of aromatic nitrogens is 3. The molecule has 0 amide bonds. The van der Waals surface area contributed by atoms with Crippen molar-refractivity contribution >= 4 is 22.7 Å². The third-order valence-corrected chi connectivity index (χ3v) is 5.51. The highest BCUT2D eigenvalue weighted by atomic mass is 15.2. The van der Waals surface area contributed by atoms with Crippen LogP contribution in [0.1, 0.15) is 29.8 Å². The zero-order valence-electron chi connectivity index (χ0n) is 16.1. The zero-order chi connectivity index (χ0) is 18.8. The number of nitrogens with one attached hydrogen (secondary N) is 2. The second-order valence-corrected chi connectivity index (χ2v) is 7.47. The lowest BCUT2D eigenvalue weighted by Gasteiger charge is -2.33. The van der Waals surface area contributed by atoms with E-state index < -0.39 is 0 Å². The number of anilines is 2. The van der Waals surface area contributed by atoms with Gasteiger partial charge in [0.1, 0.15) is 5.82 Å². The Kier molecular flexibility index (Phi) is 4.99. The molecule has 3 heterocycles. The van der Waals surface area contributed by atoms with Gasteiger partial charge >= 0.3 is 0 Å². The number of fused-ring (bicyclic) bond motifs is 1. The summed E-state index contributed by atoms with van der Waals surface area (Å²) in [4.78, 5) is 14.4. The molecule has 4 rings (SSSR count). The molecular weight excluding hydrogens is 336 g/mol. The van der Waals surface area contributed by atoms with Gasteiger partial charge in [-0.15, -0.1) is 0 Å². The van der Waals surface area contributed by atoms with Crippen molar-refractivity contribution in [3.05, 3.63) is 47.3 Å². The van der Waals surface area contributed by atoms with E-state index in [9.17, 15) is 0 Å². The summed E-state index contributed by atoms with van der Waals surface area (Å²) in [6.45, 7) is 7.14. The molecule has 3 aromatic rings. The smallest absolute Gasteiger partial charge is 0.222 e. The number of hydrogen-bond donors (Lipinski definition) is 3. The van der Waals surface area contributed by atoms with Gasteiger partial charge in [0.15, 0.2) is 0 Å². The Bertz CT molecular complexity index is 903. The highest BCUT2D eigenvalue weighted by Gasteiger charge is 2.20. The van der Waals surface area contributed by atoms with Crippen molar-refractivity contribution < 1.29 is 0 Å². The fourth-order valence-corrected chi connectivity index (χ4v) is 4.11. The minimum Gasteiger partial charge on any atom is -0.368 e. The van der Waals surface area contributed by atoms with E-state index in [-0.39, 0.29) is 0 Å². The normalized spacial score (nSPS) is 15.6. The van der Waals surface area contributed by atoms with Crippen molar-refractivity contribution in [3.8, 4) is 0 Å². The third kappa shape index (κ3) is 3.90. The number of nitrogens with zero attached hydrogens (tertiary/aromatic N) is 3. The molecular formula is C21H28N6. The predicted octanol–water partition coefficient (Wildman–Crippen LogP) is 2.96. The van der Waals surface area contributed by atoms with Crippen LogP contribution in [0.4, 0.5) is 11.8 Å². The molecule has 1 aliphatic heterocycles. The monoisotopic (exact) mass is 364 g/mol. The quantitative estimate of drug-likeness (QED) is 0.648. The Morgan fingerprint density at radius 1 is 1.19 bits per heavy atom. The van der Waals surface area contributed by atoms with E-state index >= 15 is 0 Å². The summed E-state index contributed by atoms with van der Waals surface area (Å²) < 4.78 is 0. The summed E-state index contributed by atoms with van der Waals surface area (Å²) in [5.41, 5.74) is 10.7. The lowest BCUT2D eigenvalue weighted by atomic mass is 10.0. The highest BCUT2D eigenvalue weighted by molar-refractivity contribution is 5.84. The van der Waals surface area contributed by atoms with Crippen LogP contribution in [-0.2, 0) is 6.42 Å². The fraction of sp³-hybridized carbons (Fsp3) is 0.429. The maximum absolute atomic E-state index is 5.79. The predicted molar refractivity (Wildman–Crippen MR) is 111 cm³/mol. The molecule has 1 fully saturated rings. The van der Waals surface area contributed by atoms with E-state index in [4.69, 9.17) is 5.73 Å². The minimum absolute atomic E-state index is 0.361. The number of para-hydroxylation sites is 1. The Balaban J connectivity index is 1.30. The summed E-state index contributed by atoms with van der Waals surface area (Å²) in [7, 11) is 0. The number of H-pyrrole nitrogens is 1. The molecule has 4 N–H and O–H groups in total. The first-order valence-corrected chi connectivity index (χ1v) is 9.76. The fourth-order valence-electron chi connectivity index (χ4n) is 4.11. The Morgan fingerprint density at radius 2 is 1.96 bits per heavy atom. The summed E-state index contributed by atoms with van der Waals surface area (Å²) in [6, 6.07) is 11.1. The molecule has 0 radical (unpaired) electrons. The molecule has 1 aromatic carbocycles. The molecule has 0 aliphatic carbocycles. The van der Waals surface area contributed by atoms with Crippen molar-refractivity contribution in [2.45, 2.75) is 39.2 Å². The van der Waals surface area contributed by atoms with E-state index in [0.717, 1.165) is 50.4 Å². The average molecular weight is 364 g/mol. The molecule has 6 heteroatoms. The lowest BCUT2D eigenvalue weighted by Crippen LogP contribution is -2.43. The Hall–Kier alpha value is -2.60. The van der Waals surface area contributed by atoms with Crippen LogP contribution in [0.25, 0.3) is 10.9 Å². The number of benzene rings is 1. The van der Waals surface area contributed by atoms with Crippen LogP contribution < -0.4 is 16.0 Å². The number of hydrogen-bond acceptors (Lipinski definition) is 5. The van der Waals surface area contributed by atoms with E-state index in [0.29, 0.717) is 12.0 Å². The minimum atomic E-state index is 0.361. The van der Waals surface area contributed by atoms with E-state index in [2.05, 4.69) is 56.4 Å².